The second-order valence-electron chi connectivity index (χ2n) is 6.36. The standard InChI is InChI=1S/C20H17N3O4S2/c1-13-3-6-20(28-13)29(24,25)23-7-8-27-18-5-4-14(9-17(18)23)15-10-19(26-2)16(11-21)22-12-15/h3-6,9-10,12H,7-8H2,1-2H3. The summed E-state index contributed by atoms with van der Waals surface area (Å²) in [5, 5.41) is 9.12. The number of aromatic nitrogens is 1. The van der Waals surface area contributed by atoms with E-state index in [1.165, 1.54) is 22.8 Å². The Morgan fingerprint density at radius 2 is 2.07 bits per heavy atom. The third-order valence-corrected chi connectivity index (χ3v) is 7.83. The van der Waals surface area contributed by atoms with Crippen molar-refractivity contribution in [2.24, 2.45) is 0 Å². The van der Waals surface area contributed by atoms with Gasteiger partial charge in [-0.25, -0.2) is 13.4 Å². The number of pyridine rings is 1. The Labute approximate surface area is 172 Å². The fourth-order valence-corrected chi connectivity index (χ4v) is 5.97. The monoisotopic (exact) mass is 427 g/mol. The molecule has 1 aliphatic heterocycles. The summed E-state index contributed by atoms with van der Waals surface area (Å²) in [5.41, 5.74) is 2.11. The van der Waals surface area contributed by atoms with Crippen molar-refractivity contribution in [3.05, 3.63) is 53.2 Å². The van der Waals surface area contributed by atoms with E-state index in [2.05, 4.69) is 4.98 Å². The number of rotatable bonds is 4. The first-order valence-electron chi connectivity index (χ1n) is 8.74. The van der Waals surface area contributed by atoms with E-state index in [9.17, 15) is 8.42 Å². The minimum absolute atomic E-state index is 0.190. The molecule has 0 amide bonds. The summed E-state index contributed by atoms with van der Waals surface area (Å²) in [6, 6.07) is 12.4. The topological polar surface area (TPSA) is 92.5 Å². The van der Waals surface area contributed by atoms with E-state index in [1.807, 2.05) is 19.1 Å². The highest BCUT2D eigenvalue weighted by Crippen LogP contribution is 2.39. The molecule has 3 aromatic rings. The SMILES string of the molecule is COc1cc(-c2ccc3c(c2)N(S(=O)(=O)c2ccc(C)s2)CCO3)cnc1C#N. The zero-order chi connectivity index (χ0) is 20.6. The molecule has 1 aromatic carbocycles. The van der Waals surface area contributed by atoms with E-state index in [1.54, 1.807) is 36.5 Å². The Morgan fingerprint density at radius 3 is 2.76 bits per heavy atom. The molecule has 0 unspecified atom stereocenters. The lowest BCUT2D eigenvalue weighted by Crippen LogP contribution is -2.37. The van der Waals surface area contributed by atoms with Crippen molar-refractivity contribution in [1.29, 1.82) is 5.26 Å². The zero-order valence-corrected chi connectivity index (χ0v) is 17.4. The van der Waals surface area contributed by atoms with Gasteiger partial charge in [-0.05, 0) is 42.8 Å². The van der Waals surface area contributed by atoms with Crippen molar-refractivity contribution in [2.45, 2.75) is 11.1 Å². The Morgan fingerprint density at radius 1 is 1.24 bits per heavy atom. The average Bonchev–Trinajstić information content (AvgIpc) is 3.19. The maximum Gasteiger partial charge on any atom is 0.274 e. The number of thiophene rings is 1. The summed E-state index contributed by atoms with van der Waals surface area (Å²) in [6.45, 7) is 2.38. The molecule has 0 saturated heterocycles. The van der Waals surface area contributed by atoms with E-state index in [4.69, 9.17) is 14.7 Å². The minimum atomic E-state index is -3.69. The fraction of sp³-hybridized carbons (Fsp3) is 0.200. The number of hydrogen-bond donors (Lipinski definition) is 0. The van der Waals surface area contributed by atoms with Crippen LogP contribution in [-0.2, 0) is 10.0 Å². The van der Waals surface area contributed by atoms with Gasteiger partial charge in [0.2, 0.25) is 0 Å². The Kier molecular flexibility index (Phi) is 4.90. The van der Waals surface area contributed by atoms with Gasteiger partial charge in [0.05, 0.1) is 19.3 Å². The van der Waals surface area contributed by atoms with Crippen molar-refractivity contribution in [2.75, 3.05) is 24.6 Å². The molecule has 9 heteroatoms. The van der Waals surface area contributed by atoms with Gasteiger partial charge in [-0.15, -0.1) is 11.3 Å². The molecule has 3 heterocycles. The number of hydrogen-bond acceptors (Lipinski definition) is 7. The molecule has 0 radical (unpaired) electrons. The molecule has 148 valence electrons. The van der Waals surface area contributed by atoms with Gasteiger partial charge in [-0.1, -0.05) is 6.07 Å². The Hall–Kier alpha value is -3.09. The molecule has 0 spiro atoms. The first kappa shape index (κ1) is 19.2. The van der Waals surface area contributed by atoms with Crippen molar-refractivity contribution >= 4 is 27.0 Å². The number of anilines is 1. The average molecular weight is 428 g/mol. The van der Waals surface area contributed by atoms with Gasteiger partial charge in [0.15, 0.2) is 11.4 Å². The number of methoxy groups -OCH3 is 1. The van der Waals surface area contributed by atoms with Crippen LogP contribution in [0.15, 0.2) is 46.8 Å². The lowest BCUT2D eigenvalue weighted by atomic mass is 10.1. The van der Waals surface area contributed by atoms with E-state index in [0.29, 0.717) is 27.0 Å². The number of nitriles is 1. The molecule has 29 heavy (non-hydrogen) atoms. The molecule has 0 N–H and O–H groups in total. The first-order chi connectivity index (χ1) is 13.9. The summed E-state index contributed by atoms with van der Waals surface area (Å²) in [5.74, 6) is 0.864. The van der Waals surface area contributed by atoms with Crippen LogP contribution in [0.1, 0.15) is 10.6 Å². The van der Waals surface area contributed by atoms with Gasteiger partial charge in [0.1, 0.15) is 22.6 Å². The first-order valence-corrected chi connectivity index (χ1v) is 11.0. The molecule has 1 aliphatic rings. The van der Waals surface area contributed by atoms with Crippen molar-refractivity contribution in [3.8, 4) is 28.7 Å². The van der Waals surface area contributed by atoms with Crippen LogP contribution in [0, 0.1) is 18.3 Å². The predicted molar refractivity (Wildman–Crippen MR) is 110 cm³/mol. The van der Waals surface area contributed by atoms with Crippen LogP contribution < -0.4 is 13.8 Å². The number of fused-ring (bicyclic) bond motifs is 1. The van der Waals surface area contributed by atoms with Gasteiger partial charge in [-0.3, -0.25) is 4.31 Å². The normalized spacial score (nSPS) is 13.3. The predicted octanol–water partition coefficient (Wildman–Crippen LogP) is 3.59. The van der Waals surface area contributed by atoms with Crippen LogP contribution >= 0.6 is 11.3 Å². The van der Waals surface area contributed by atoms with Crippen molar-refractivity contribution < 1.29 is 17.9 Å². The largest absolute Gasteiger partial charge is 0.494 e. The highest BCUT2D eigenvalue weighted by atomic mass is 32.2. The number of nitrogens with zero attached hydrogens (tertiary/aromatic N) is 3. The molecule has 0 aliphatic carbocycles. The van der Waals surface area contributed by atoms with Crippen molar-refractivity contribution in [3.63, 3.8) is 0 Å². The zero-order valence-electron chi connectivity index (χ0n) is 15.7. The summed E-state index contributed by atoms with van der Waals surface area (Å²) >= 11 is 1.25. The second-order valence-corrected chi connectivity index (χ2v) is 9.74. The molecule has 0 saturated carbocycles. The molecule has 0 fully saturated rings. The van der Waals surface area contributed by atoms with Crippen LogP contribution in [0.4, 0.5) is 5.69 Å². The quantitative estimate of drug-likeness (QED) is 0.632. The third kappa shape index (κ3) is 3.41. The van der Waals surface area contributed by atoms with Gasteiger partial charge >= 0.3 is 0 Å². The molecular formula is C20H17N3O4S2. The number of ether oxygens (including phenoxy) is 2. The highest BCUT2D eigenvalue weighted by molar-refractivity contribution is 7.94. The molecule has 0 bridgehead atoms. The summed E-state index contributed by atoms with van der Waals surface area (Å²) < 4.78 is 39.0. The highest BCUT2D eigenvalue weighted by Gasteiger charge is 2.31. The van der Waals surface area contributed by atoms with E-state index >= 15 is 0 Å². The van der Waals surface area contributed by atoms with Crippen LogP contribution in [0.25, 0.3) is 11.1 Å². The minimum Gasteiger partial charge on any atom is -0.494 e. The van der Waals surface area contributed by atoms with Gasteiger partial charge in [0.25, 0.3) is 10.0 Å². The Balaban J connectivity index is 1.80. The summed E-state index contributed by atoms with van der Waals surface area (Å²) in [6.07, 6.45) is 1.56. The van der Waals surface area contributed by atoms with E-state index in [0.717, 1.165) is 10.4 Å². The molecule has 2 aromatic heterocycles. The van der Waals surface area contributed by atoms with Gasteiger partial charge in [-0.2, -0.15) is 5.26 Å². The van der Waals surface area contributed by atoms with E-state index < -0.39 is 10.0 Å². The maximum atomic E-state index is 13.2. The second kappa shape index (κ2) is 7.39. The third-order valence-electron chi connectivity index (χ3n) is 4.55. The smallest absolute Gasteiger partial charge is 0.274 e. The molecular weight excluding hydrogens is 410 g/mol. The molecule has 4 rings (SSSR count). The number of benzene rings is 1. The molecule has 0 atom stereocenters. The van der Waals surface area contributed by atoms with Crippen molar-refractivity contribution in [1.82, 2.24) is 4.98 Å². The lowest BCUT2D eigenvalue weighted by Gasteiger charge is -2.30. The van der Waals surface area contributed by atoms with Gasteiger partial charge in [0, 0.05) is 16.6 Å². The van der Waals surface area contributed by atoms with Crippen LogP contribution in [0.5, 0.6) is 11.5 Å². The van der Waals surface area contributed by atoms with Crippen LogP contribution in [0.2, 0.25) is 0 Å². The van der Waals surface area contributed by atoms with Gasteiger partial charge < -0.3 is 9.47 Å². The number of sulfonamides is 1. The van der Waals surface area contributed by atoms with Crippen LogP contribution in [0.3, 0.4) is 0 Å². The summed E-state index contributed by atoms with van der Waals surface area (Å²) in [4.78, 5) is 5.06. The fourth-order valence-electron chi connectivity index (χ4n) is 3.12. The van der Waals surface area contributed by atoms with E-state index in [-0.39, 0.29) is 18.8 Å². The maximum absolute atomic E-state index is 13.2. The number of aryl methyl sites for hydroxylation is 1. The summed E-state index contributed by atoms with van der Waals surface area (Å²) in [7, 11) is -2.22. The Bertz CT molecular complexity index is 1230. The lowest BCUT2D eigenvalue weighted by molar-refractivity contribution is 0.316. The van der Waals surface area contributed by atoms with Crippen LogP contribution in [-0.4, -0.2) is 33.7 Å². The molecule has 7 nitrogen and oxygen atoms in total.